The van der Waals surface area contributed by atoms with Crippen molar-refractivity contribution >= 4 is 22.6 Å². The van der Waals surface area contributed by atoms with Crippen molar-refractivity contribution in [2.45, 2.75) is 19.8 Å². The molecule has 0 spiro atoms. The molecule has 0 radical (unpaired) electrons. The van der Waals surface area contributed by atoms with Crippen LogP contribution in [0.4, 0.5) is 0 Å². The van der Waals surface area contributed by atoms with Crippen LogP contribution in [0.5, 0.6) is 0 Å². The van der Waals surface area contributed by atoms with Gasteiger partial charge >= 0.3 is 0 Å². The van der Waals surface area contributed by atoms with E-state index in [1.165, 1.54) is 5.56 Å². The number of nitriles is 1. The van der Waals surface area contributed by atoms with E-state index < -0.39 is 0 Å². The highest BCUT2D eigenvalue weighted by Crippen LogP contribution is 2.34. The first kappa shape index (κ1) is 14.5. The van der Waals surface area contributed by atoms with Crippen molar-refractivity contribution in [1.29, 1.82) is 5.26 Å². The van der Waals surface area contributed by atoms with E-state index in [0.717, 1.165) is 23.1 Å². The number of hydrogen-bond acceptors (Lipinski definition) is 3. The lowest BCUT2D eigenvalue weighted by Gasteiger charge is -2.05. The minimum absolute atomic E-state index is 0.0171. The average molecular weight is 313 g/mol. The van der Waals surface area contributed by atoms with E-state index in [0.29, 0.717) is 28.7 Å². The summed E-state index contributed by atoms with van der Waals surface area (Å²) in [5.41, 5.74) is 5.11. The Morgan fingerprint density at radius 2 is 2.00 bits per heavy atom. The Bertz CT molecular complexity index is 1100. The number of rotatable bonds is 1. The Morgan fingerprint density at radius 3 is 2.79 bits per heavy atom. The van der Waals surface area contributed by atoms with Crippen LogP contribution < -0.4 is 5.43 Å². The summed E-state index contributed by atoms with van der Waals surface area (Å²) < 4.78 is 6.03. The average Bonchev–Trinajstić information content (AvgIpc) is 3.00. The number of hydrogen-bond donors (Lipinski definition) is 0. The SMILES string of the molecule is Cc1ccccc1C=C1CCc2c1oc1ccc(C#N)cc1c2=O. The summed E-state index contributed by atoms with van der Waals surface area (Å²) in [4.78, 5) is 12.8. The molecule has 4 rings (SSSR count). The molecule has 0 saturated heterocycles. The largest absolute Gasteiger partial charge is 0.456 e. The van der Waals surface area contributed by atoms with E-state index in [9.17, 15) is 4.79 Å². The third-order valence-electron chi connectivity index (χ3n) is 4.57. The molecule has 24 heavy (non-hydrogen) atoms. The van der Waals surface area contributed by atoms with Gasteiger partial charge in [-0.1, -0.05) is 24.3 Å². The molecular formula is C21H15NO2. The molecule has 0 saturated carbocycles. The van der Waals surface area contributed by atoms with E-state index in [1.54, 1.807) is 18.2 Å². The van der Waals surface area contributed by atoms with E-state index in [-0.39, 0.29) is 5.43 Å². The molecule has 2 aromatic carbocycles. The van der Waals surface area contributed by atoms with E-state index in [1.807, 2.05) is 12.1 Å². The zero-order chi connectivity index (χ0) is 16.7. The highest BCUT2D eigenvalue weighted by atomic mass is 16.3. The fraction of sp³-hybridized carbons (Fsp3) is 0.143. The summed E-state index contributed by atoms with van der Waals surface area (Å²) in [6.07, 6.45) is 3.59. The van der Waals surface area contributed by atoms with Crippen molar-refractivity contribution < 1.29 is 4.42 Å². The van der Waals surface area contributed by atoms with Crippen molar-refractivity contribution in [2.75, 3.05) is 0 Å². The maximum absolute atomic E-state index is 12.8. The van der Waals surface area contributed by atoms with Crippen LogP contribution >= 0.6 is 0 Å². The molecule has 3 heteroatoms. The number of allylic oxidation sites excluding steroid dienone is 1. The van der Waals surface area contributed by atoms with Crippen LogP contribution in [0.2, 0.25) is 0 Å². The summed E-state index contributed by atoms with van der Waals surface area (Å²) >= 11 is 0. The molecule has 1 aromatic heterocycles. The Kier molecular flexibility index (Phi) is 3.32. The van der Waals surface area contributed by atoms with Gasteiger partial charge < -0.3 is 4.42 Å². The molecule has 1 heterocycles. The molecule has 0 N–H and O–H groups in total. The molecule has 3 nitrogen and oxygen atoms in total. The van der Waals surface area contributed by atoms with Gasteiger partial charge in [0.1, 0.15) is 11.3 Å². The summed E-state index contributed by atoms with van der Waals surface area (Å²) in [5, 5.41) is 9.51. The molecule has 0 unspecified atom stereocenters. The number of benzene rings is 2. The molecule has 1 aliphatic carbocycles. The van der Waals surface area contributed by atoms with Gasteiger partial charge in [-0.05, 0) is 60.7 Å². The second-order valence-corrected chi connectivity index (χ2v) is 6.09. The standard InChI is InChI=1S/C21H15NO2/c1-13-4-2-3-5-15(13)11-16-7-8-17-20(23)18-10-14(12-22)6-9-19(18)24-21(16)17/h2-6,9-11H,7-8H2,1H3. The zero-order valence-electron chi connectivity index (χ0n) is 13.3. The first-order valence-electron chi connectivity index (χ1n) is 7.94. The van der Waals surface area contributed by atoms with Gasteiger partial charge in [0.2, 0.25) is 0 Å². The highest BCUT2D eigenvalue weighted by molar-refractivity contribution is 5.87. The molecule has 1 aliphatic rings. The molecule has 0 fully saturated rings. The minimum Gasteiger partial charge on any atom is -0.456 e. The van der Waals surface area contributed by atoms with Crippen molar-refractivity contribution in [2.24, 2.45) is 0 Å². The quantitative estimate of drug-likeness (QED) is 0.666. The summed E-state index contributed by atoms with van der Waals surface area (Å²) in [5.74, 6) is 0.695. The number of nitrogens with zero attached hydrogens (tertiary/aromatic N) is 1. The Hall–Kier alpha value is -3.12. The smallest absolute Gasteiger partial charge is 0.196 e. The summed E-state index contributed by atoms with van der Waals surface area (Å²) in [6.45, 7) is 2.07. The van der Waals surface area contributed by atoms with E-state index in [4.69, 9.17) is 9.68 Å². The Labute approximate surface area is 139 Å². The van der Waals surface area contributed by atoms with Crippen LogP contribution in [0, 0.1) is 18.3 Å². The molecule has 116 valence electrons. The van der Waals surface area contributed by atoms with Crippen molar-refractivity contribution in [3.05, 3.63) is 80.7 Å². The molecule has 0 amide bonds. The Morgan fingerprint density at radius 1 is 1.17 bits per heavy atom. The van der Waals surface area contributed by atoms with Crippen molar-refractivity contribution in [1.82, 2.24) is 0 Å². The van der Waals surface area contributed by atoms with Gasteiger partial charge in [0, 0.05) is 5.56 Å². The van der Waals surface area contributed by atoms with Crippen LogP contribution in [0.25, 0.3) is 22.6 Å². The van der Waals surface area contributed by atoms with Gasteiger partial charge in [-0.2, -0.15) is 5.26 Å². The highest BCUT2D eigenvalue weighted by Gasteiger charge is 2.24. The van der Waals surface area contributed by atoms with Gasteiger partial charge in [0.25, 0.3) is 0 Å². The number of aryl methyl sites for hydroxylation is 1. The predicted molar refractivity (Wildman–Crippen MR) is 94.6 cm³/mol. The van der Waals surface area contributed by atoms with Crippen molar-refractivity contribution in [3.8, 4) is 6.07 Å². The third-order valence-corrected chi connectivity index (χ3v) is 4.57. The topological polar surface area (TPSA) is 54.0 Å². The fourth-order valence-corrected chi connectivity index (χ4v) is 3.24. The summed E-state index contributed by atoms with van der Waals surface area (Å²) in [7, 11) is 0. The Balaban J connectivity index is 1.92. The van der Waals surface area contributed by atoms with Gasteiger partial charge in [-0.25, -0.2) is 0 Å². The van der Waals surface area contributed by atoms with Gasteiger partial charge in [-0.15, -0.1) is 0 Å². The van der Waals surface area contributed by atoms with Crippen LogP contribution in [-0.4, -0.2) is 0 Å². The predicted octanol–water partition coefficient (Wildman–Crippen LogP) is 4.46. The lowest BCUT2D eigenvalue weighted by Crippen LogP contribution is -2.08. The molecule has 0 atom stereocenters. The molecule has 3 aromatic rings. The van der Waals surface area contributed by atoms with Gasteiger partial charge in [0.15, 0.2) is 5.43 Å². The second-order valence-electron chi connectivity index (χ2n) is 6.09. The third kappa shape index (κ3) is 2.24. The minimum atomic E-state index is -0.0171. The summed E-state index contributed by atoms with van der Waals surface area (Å²) in [6, 6.07) is 15.2. The van der Waals surface area contributed by atoms with Crippen LogP contribution in [0.3, 0.4) is 0 Å². The second kappa shape index (κ2) is 5.50. The van der Waals surface area contributed by atoms with Crippen molar-refractivity contribution in [3.63, 3.8) is 0 Å². The first-order valence-corrected chi connectivity index (χ1v) is 7.94. The zero-order valence-corrected chi connectivity index (χ0v) is 13.3. The van der Waals surface area contributed by atoms with Crippen LogP contribution in [0.15, 0.2) is 51.7 Å². The molecule has 0 aliphatic heterocycles. The first-order chi connectivity index (χ1) is 11.7. The van der Waals surface area contributed by atoms with Gasteiger partial charge in [0.05, 0.1) is 17.0 Å². The van der Waals surface area contributed by atoms with E-state index in [2.05, 4.69) is 31.2 Å². The fourth-order valence-electron chi connectivity index (χ4n) is 3.24. The maximum atomic E-state index is 12.8. The lowest BCUT2D eigenvalue weighted by molar-refractivity contribution is 0.585. The molecular weight excluding hydrogens is 298 g/mol. The van der Waals surface area contributed by atoms with Gasteiger partial charge in [-0.3, -0.25) is 4.79 Å². The van der Waals surface area contributed by atoms with Crippen LogP contribution in [0.1, 0.15) is 34.4 Å². The monoisotopic (exact) mass is 313 g/mol. The van der Waals surface area contributed by atoms with Crippen LogP contribution in [-0.2, 0) is 6.42 Å². The van der Waals surface area contributed by atoms with E-state index >= 15 is 0 Å². The maximum Gasteiger partial charge on any atom is 0.196 e. The molecule has 0 bridgehead atoms. The lowest BCUT2D eigenvalue weighted by atomic mass is 10.0. The number of fused-ring (bicyclic) bond motifs is 2. The normalized spacial score (nSPS) is 14.8.